The third kappa shape index (κ3) is 4.56. The third-order valence-electron chi connectivity index (χ3n) is 4.14. The highest BCUT2D eigenvalue weighted by molar-refractivity contribution is 4.92. The molecule has 0 unspecified atom stereocenters. The maximum Gasteiger partial charge on any atom is 0.0964 e. The van der Waals surface area contributed by atoms with Gasteiger partial charge in [0.15, 0.2) is 0 Å². The predicted molar refractivity (Wildman–Crippen MR) is 81.5 cm³/mol. The summed E-state index contributed by atoms with van der Waals surface area (Å²) in [4.78, 5) is 2.60. The first-order valence-electron chi connectivity index (χ1n) is 8.05. The van der Waals surface area contributed by atoms with Gasteiger partial charge in [-0.1, -0.05) is 38.8 Å². The van der Waals surface area contributed by atoms with Crippen molar-refractivity contribution in [1.82, 2.24) is 25.2 Å². The summed E-state index contributed by atoms with van der Waals surface area (Å²) in [5, 5.41) is 11.8. The van der Waals surface area contributed by atoms with Crippen molar-refractivity contribution in [2.45, 2.75) is 71.6 Å². The van der Waals surface area contributed by atoms with Crippen LogP contribution in [0.5, 0.6) is 0 Å². The Bertz CT molecular complexity index is 381. The van der Waals surface area contributed by atoms with Crippen molar-refractivity contribution in [3.8, 4) is 0 Å². The second-order valence-corrected chi connectivity index (χ2v) is 6.08. The van der Waals surface area contributed by atoms with E-state index in [4.69, 9.17) is 0 Å². The van der Waals surface area contributed by atoms with Crippen LogP contribution in [-0.4, -0.2) is 45.1 Å². The highest BCUT2D eigenvalue weighted by Crippen LogP contribution is 2.23. The molecule has 114 valence electrons. The van der Waals surface area contributed by atoms with Crippen LogP contribution in [-0.2, 0) is 13.1 Å². The van der Waals surface area contributed by atoms with Crippen molar-refractivity contribution in [1.29, 1.82) is 0 Å². The fourth-order valence-electron chi connectivity index (χ4n) is 2.94. The molecule has 5 nitrogen and oxygen atoms in total. The minimum absolute atomic E-state index is 0.484. The van der Waals surface area contributed by atoms with Gasteiger partial charge < -0.3 is 5.32 Å². The molecule has 1 saturated carbocycles. The molecule has 0 atom stereocenters. The van der Waals surface area contributed by atoms with Gasteiger partial charge in [0.1, 0.15) is 0 Å². The molecule has 1 aliphatic carbocycles. The molecule has 1 aliphatic rings. The van der Waals surface area contributed by atoms with E-state index in [1.54, 1.807) is 0 Å². The summed E-state index contributed by atoms with van der Waals surface area (Å²) in [6.45, 7) is 10.5. The quantitative estimate of drug-likeness (QED) is 0.791. The fraction of sp³-hybridized carbons (Fsp3) is 0.867. The van der Waals surface area contributed by atoms with Crippen molar-refractivity contribution >= 4 is 0 Å². The Morgan fingerprint density at radius 1 is 1.40 bits per heavy atom. The van der Waals surface area contributed by atoms with Gasteiger partial charge >= 0.3 is 0 Å². The smallest absolute Gasteiger partial charge is 0.0964 e. The van der Waals surface area contributed by atoms with Crippen molar-refractivity contribution < 1.29 is 0 Å². The van der Waals surface area contributed by atoms with E-state index in [-0.39, 0.29) is 0 Å². The summed E-state index contributed by atoms with van der Waals surface area (Å²) in [6.07, 6.45) is 7.60. The first kappa shape index (κ1) is 15.4. The standard InChI is InChI=1S/C15H29N5/c1-4-19(15-7-5-6-8-15)9-10-20-12-14(17-18-20)11-16-13(2)3/h12-13,15-16H,4-11H2,1-3H3. The Morgan fingerprint density at radius 3 is 2.80 bits per heavy atom. The number of nitrogens with zero attached hydrogens (tertiary/aromatic N) is 4. The van der Waals surface area contributed by atoms with Crippen LogP contribution in [0.2, 0.25) is 0 Å². The number of nitrogens with one attached hydrogen (secondary N) is 1. The van der Waals surface area contributed by atoms with Crippen LogP contribution in [0, 0.1) is 0 Å². The van der Waals surface area contributed by atoms with Crippen molar-refractivity contribution in [3.63, 3.8) is 0 Å². The number of aromatic nitrogens is 3. The maximum atomic E-state index is 4.23. The van der Waals surface area contributed by atoms with Gasteiger partial charge in [0.2, 0.25) is 0 Å². The monoisotopic (exact) mass is 279 g/mol. The summed E-state index contributed by atoms with van der Waals surface area (Å²) in [5.74, 6) is 0. The molecule has 1 N–H and O–H groups in total. The van der Waals surface area contributed by atoms with Gasteiger partial charge in [-0.05, 0) is 19.4 Å². The van der Waals surface area contributed by atoms with Crippen LogP contribution in [0.3, 0.4) is 0 Å². The Morgan fingerprint density at radius 2 is 2.15 bits per heavy atom. The second kappa shape index (κ2) is 7.74. The maximum absolute atomic E-state index is 4.23. The Balaban J connectivity index is 1.77. The molecule has 1 fully saturated rings. The Labute approximate surface area is 122 Å². The summed E-state index contributed by atoms with van der Waals surface area (Å²) in [6, 6.07) is 1.28. The van der Waals surface area contributed by atoms with Crippen molar-refractivity contribution in [2.24, 2.45) is 0 Å². The molecule has 1 heterocycles. The average molecular weight is 279 g/mol. The lowest BCUT2D eigenvalue weighted by atomic mass is 10.2. The lowest BCUT2D eigenvalue weighted by molar-refractivity contribution is 0.198. The normalized spacial score (nSPS) is 16.6. The highest BCUT2D eigenvalue weighted by atomic mass is 15.4. The third-order valence-corrected chi connectivity index (χ3v) is 4.14. The zero-order chi connectivity index (χ0) is 14.4. The van der Waals surface area contributed by atoms with E-state index in [1.165, 1.54) is 25.7 Å². The summed E-state index contributed by atoms with van der Waals surface area (Å²) in [7, 11) is 0. The highest BCUT2D eigenvalue weighted by Gasteiger charge is 2.20. The second-order valence-electron chi connectivity index (χ2n) is 6.08. The molecule has 0 aliphatic heterocycles. The van der Waals surface area contributed by atoms with Gasteiger partial charge in [0, 0.05) is 31.4 Å². The van der Waals surface area contributed by atoms with Gasteiger partial charge in [-0.2, -0.15) is 0 Å². The fourth-order valence-corrected chi connectivity index (χ4v) is 2.94. The molecular formula is C15H29N5. The van der Waals surface area contributed by atoms with Gasteiger partial charge in [-0.15, -0.1) is 5.10 Å². The number of rotatable bonds is 8. The first-order chi connectivity index (χ1) is 9.69. The van der Waals surface area contributed by atoms with E-state index < -0.39 is 0 Å². The number of likely N-dealkylation sites (N-methyl/N-ethyl adjacent to an activating group) is 1. The average Bonchev–Trinajstić information content (AvgIpc) is 3.08. The Kier molecular flexibility index (Phi) is 5.98. The lowest BCUT2D eigenvalue weighted by Crippen LogP contribution is -2.35. The molecule has 5 heteroatoms. The van der Waals surface area contributed by atoms with Gasteiger partial charge in [-0.25, -0.2) is 0 Å². The van der Waals surface area contributed by atoms with E-state index in [1.807, 2.05) is 4.68 Å². The first-order valence-corrected chi connectivity index (χ1v) is 8.05. The SMILES string of the molecule is CCN(CCn1cc(CNC(C)C)nn1)C1CCCC1. The van der Waals surface area contributed by atoms with Crippen molar-refractivity contribution in [2.75, 3.05) is 13.1 Å². The molecule has 2 rings (SSSR count). The lowest BCUT2D eigenvalue weighted by Gasteiger charge is -2.27. The van der Waals surface area contributed by atoms with Gasteiger partial charge in [0.05, 0.1) is 12.2 Å². The summed E-state index contributed by atoms with van der Waals surface area (Å²) in [5.41, 5.74) is 1.03. The molecule has 0 radical (unpaired) electrons. The minimum Gasteiger partial charge on any atom is -0.309 e. The molecule has 1 aromatic rings. The molecular weight excluding hydrogens is 250 g/mol. The van der Waals surface area contributed by atoms with Crippen LogP contribution in [0.25, 0.3) is 0 Å². The molecule has 0 amide bonds. The van der Waals surface area contributed by atoms with E-state index in [9.17, 15) is 0 Å². The van der Waals surface area contributed by atoms with Crippen molar-refractivity contribution in [3.05, 3.63) is 11.9 Å². The van der Waals surface area contributed by atoms with Crippen LogP contribution < -0.4 is 5.32 Å². The topological polar surface area (TPSA) is 46.0 Å². The molecule has 0 aromatic carbocycles. The van der Waals surface area contributed by atoms with Crippen LogP contribution in [0.1, 0.15) is 52.1 Å². The van der Waals surface area contributed by atoms with Gasteiger partial charge in [0.25, 0.3) is 0 Å². The van der Waals surface area contributed by atoms with E-state index in [0.717, 1.165) is 37.9 Å². The summed E-state index contributed by atoms with van der Waals surface area (Å²) >= 11 is 0. The predicted octanol–water partition coefficient (Wildman–Crippen LogP) is 2.04. The Hall–Kier alpha value is -0.940. The van der Waals surface area contributed by atoms with Crippen LogP contribution in [0.4, 0.5) is 0 Å². The van der Waals surface area contributed by atoms with E-state index in [0.29, 0.717) is 6.04 Å². The minimum atomic E-state index is 0.484. The van der Waals surface area contributed by atoms with E-state index in [2.05, 4.69) is 47.5 Å². The molecule has 0 saturated heterocycles. The molecule has 0 bridgehead atoms. The van der Waals surface area contributed by atoms with Gasteiger partial charge in [-0.3, -0.25) is 9.58 Å². The molecule has 20 heavy (non-hydrogen) atoms. The zero-order valence-corrected chi connectivity index (χ0v) is 13.2. The molecule has 0 spiro atoms. The number of hydrogen-bond acceptors (Lipinski definition) is 4. The van der Waals surface area contributed by atoms with Crippen LogP contribution >= 0.6 is 0 Å². The number of hydrogen-bond donors (Lipinski definition) is 1. The van der Waals surface area contributed by atoms with Crippen LogP contribution in [0.15, 0.2) is 6.20 Å². The largest absolute Gasteiger partial charge is 0.309 e. The summed E-state index contributed by atoms with van der Waals surface area (Å²) < 4.78 is 1.98. The zero-order valence-electron chi connectivity index (χ0n) is 13.2. The molecule has 1 aromatic heterocycles. The van der Waals surface area contributed by atoms with E-state index >= 15 is 0 Å².